The molecule has 7 heteroatoms. The monoisotopic (exact) mass is 320 g/mol. The first-order chi connectivity index (χ1) is 9.42. The Morgan fingerprint density at radius 3 is 1.86 bits per heavy atom. The van der Waals surface area contributed by atoms with Gasteiger partial charge in [-0.3, -0.25) is 4.79 Å². The zero-order valence-electron chi connectivity index (χ0n) is 13.5. The second-order valence-electron chi connectivity index (χ2n) is 5.54. The van der Waals surface area contributed by atoms with Crippen molar-refractivity contribution in [3.05, 3.63) is 0 Å². The molecule has 1 saturated heterocycles. The van der Waals surface area contributed by atoms with Crippen molar-refractivity contribution in [3.8, 4) is 0 Å². The van der Waals surface area contributed by atoms with Gasteiger partial charge in [-0.25, -0.2) is 4.79 Å². The second kappa shape index (κ2) is 9.10. The first-order valence-corrected chi connectivity index (χ1v) is 7.50. The van der Waals surface area contributed by atoms with Crippen LogP contribution >= 0.6 is 12.4 Å². The maximum Gasteiger partial charge on any atom is 0.320 e. The number of nitrogens with zero attached hydrogens (tertiary/aromatic N) is 3. The van der Waals surface area contributed by atoms with E-state index in [-0.39, 0.29) is 30.3 Å². The normalized spacial score (nSPS) is 16.5. The van der Waals surface area contributed by atoms with E-state index in [1.165, 1.54) is 0 Å². The predicted octanol–water partition coefficient (Wildman–Crippen LogP) is 0.998. The maximum atomic E-state index is 12.2. The van der Waals surface area contributed by atoms with Crippen LogP contribution in [0.5, 0.6) is 0 Å². The van der Waals surface area contributed by atoms with Crippen LogP contribution in [0.2, 0.25) is 0 Å². The Kier molecular flexibility index (Phi) is 8.66. The molecule has 0 bridgehead atoms. The average molecular weight is 321 g/mol. The van der Waals surface area contributed by atoms with E-state index in [1.807, 2.05) is 32.6 Å². The summed E-state index contributed by atoms with van der Waals surface area (Å²) in [4.78, 5) is 29.7. The average Bonchev–Trinajstić information content (AvgIpc) is 2.46. The van der Waals surface area contributed by atoms with Crippen molar-refractivity contribution in [2.45, 2.75) is 33.7 Å². The number of carbonyl (C=O) groups is 2. The van der Waals surface area contributed by atoms with Crippen LogP contribution in [0.3, 0.4) is 0 Å². The predicted molar refractivity (Wildman–Crippen MR) is 86.5 cm³/mol. The van der Waals surface area contributed by atoms with E-state index in [0.717, 1.165) is 0 Å². The highest BCUT2D eigenvalue weighted by molar-refractivity contribution is 5.85. The van der Waals surface area contributed by atoms with Crippen molar-refractivity contribution < 1.29 is 9.59 Å². The number of halogens is 1. The molecule has 0 aromatic carbocycles. The molecule has 3 amide bonds. The van der Waals surface area contributed by atoms with Gasteiger partial charge in [0.2, 0.25) is 5.91 Å². The van der Waals surface area contributed by atoms with Gasteiger partial charge in [-0.15, -0.1) is 12.4 Å². The molecule has 21 heavy (non-hydrogen) atoms. The minimum atomic E-state index is -0.444. The van der Waals surface area contributed by atoms with Crippen LogP contribution in [0.15, 0.2) is 0 Å². The van der Waals surface area contributed by atoms with Gasteiger partial charge in [-0.2, -0.15) is 0 Å². The Morgan fingerprint density at radius 1 is 1.05 bits per heavy atom. The van der Waals surface area contributed by atoms with Crippen molar-refractivity contribution in [3.63, 3.8) is 0 Å². The van der Waals surface area contributed by atoms with Crippen LogP contribution in [0.25, 0.3) is 0 Å². The van der Waals surface area contributed by atoms with E-state index >= 15 is 0 Å². The van der Waals surface area contributed by atoms with Crippen LogP contribution in [0.4, 0.5) is 4.79 Å². The molecule has 0 spiro atoms. The molecule has 0 unspecified atom stereocenters. The Balaban J connectivity index is 0.00000400. The third-order valence-electron chi connectivity index (χ3n) is 3.90. The van der Waals surface area contributed by atoms with Crippen LogP contribution in [-0.4, -0.2) is 71.9 Å². The van der Waals surface area contributed by atoms with Crippen molar-refractivity contribution >= 4 is 24.3 Å². The molecular formula is C14H29ClN4O2. The number of urea groups is 1. The number of nitrogens with two attached hydrogens (primary N) is 1. The lowest BCUT2D eigenvalue weighted by Crippen LogP contribution is -2.57. The zero-order valence-corrected chi connectivity index (χ0v) is 14.4. The number of hydrogen-bond donors (Lipinski definition) is 1. The molecular weight excluding hydrogens is 292 g/mol. The van der Waals surface area contributed by atoms with Crippen LogP contribution in [-0.2, 0) is 4.79 Å². The fraction of sp³-hybridized carbons (Fsp3) is 0.857. The highest BCUT2D eigenvalue weighted by atomic mass is 35.5. The number of rotatable bonds is 4. The van der Waals surface area contributed by atoms with Crippen molar-refractivity contribution in [2.24, 2.45) is 11.7 Å². The van der Waals surface area contributed by atoms with Gasteiger partial charge in [-0.1, -0.05) is 13.8 Å². The van der Waals surface area contributed by atoms with Crippen LogP contribution in [0.1, 0.15) is 27.7 Å². The van der Waals surface area contributed by atoms with Gasteiger partial charge < -0.3 is 20.4 Å². The minimum absolute atomic E-state index is 0. The fourth-order valence-corrected chi connectivity index (χ4v) is 2.31. The van der Waals surface area contributed by atoms with Gasteiger partial charge in [0, 0.05) is 39.3 Å². The van der Waals surface area contributed by atoms with Crippen LogP contribution in [0, 0.1) is 5.92 Å². The summed E-state index contributed by atoms with van der Waals surface area (Å²) < 4.78 is 0. The van der Waals surface area contributed by atoms with Crippen molar-refractivity contribution in [2.75, 3.05) is 39.3 Å². The van der Waals surface area contributed by atoms with Gasteiger partial charge in [0.15, 0.2) is 0 Å². The summed E-state index contributed by atoms with van der Waals surface area (Å²) in [5.74, 6) is 0.132. The van der Waals surface area contributed by atoms with Crippen molar-refractivity contribution in [1.82, 2.24) is 14.7 Å². The largest absolute Gasteiger partial charge is 0.338 e. The summed E-state index contributed by atoms with van der Waals surface area (Å²) in [5.41, 5.74) is 5.90. The van der Waals surface area contributed by atoms with Gasteiger partial charge in [-0.05, 0) is 19.8 Å². The van der Waals surface area contributed by atoms with Gasteiger partial charge in [0.05, 0.1) is 6.04 Å². The topological polar surface area (TPSA) is 69.9 Å². The molecule has 0 saturated carbocycles. The molecule has 1 fully saturated rings. The molecule has 1 rings (SSSR count). The molecule has 0 aliphatic carbocycles. The second-order valence-corrected chi connectivity index (χ2v) is 5.54. The molecule has 2 N–H and O–H groups in total. The Labute approximate surface area is 134 Å². The first kappa shape index (κ1) is 20.0. The Morgan fingerprint density at radius 2 is 1.48 bits per heavy atom. The van der Waals surface area contributed by atoms with E-state index in [9.17, 15) is 9.59 Å². The molecule has 1 atom stereocenters. The summed E-state index contributed by atoms with van der Waals surface area (Å²) in [6.45, 7) is 11.6. The quantitative estimate of drug-likeness (QED) is 0.840. The highest BCUT2D eigenvalue weighted by Gasteiger charge is 2.29. The smallest absolute Gasteiger partial charge is 0.320 e. The number of hydrogen-bond acceptors (Lipinski definition) is 3. The van der Waals surface area contributed by atoms with Gasteiger partial charge >= 0.3 is 6.03 Å². The summed E-state index contributed by atoms with van der Waals surface area (Å²) in [7, 11) is 0. The highest BCUT2D eigenvalue weighted by Crippen LogP contribution is 2.09. The Bertz CT molecular complexity index is 318. The molecule has 6 nitrogen and oxygen atoms in total. The van der Waals surface area contributed by atoms with Gasteiger partial charge in [0.1, 0.15) is 0 Å². The lowest BCUT2D eigenvalue weighted by molar-refractivity contribution is -0.135. The van der Waals surface area contributed by atoms with E-state index < -0.39 is 6.04 Å². The third-order valence-corrected chi connectivity index (χ3v) is 3.90. The molecule has 0 aromatic rings. The molecule has 1 heterocycles. The SMILES string of the molecule is CCN(CC)C(=O)N1CCN(C(=O)[C@@H](N)C(C)C)CC1.Cl. The van der Waals surface area contributed by atoms with E-state index in [2.05, 4.69) is 0 Å². The van der Waals surface area contributed by atoms with E-state index in [0.29, 0.717) is 39.3 Å². The molecule has 0 aromatic heterocycles. The fourth-order valence-electron chi connectivity index (χ4n) is 2.31. The molecule has 1 aliphatic heterocycles. The summed E-state index contributed by atoms with van der Waals surface area (Å²) >= 11 is 0. The van der Waals surface area contributed by atoms with Crippen LogP contribution < -0.4 is 5.73 Å². The minimum Gasteiger partial charge on any atom is -0.338 e. The molecule has 1 aliphatic rings. The maximum absolute atomic E-state index is 12.2. The first-order valence-electron chi connectivity index (χ1n) is 7.50. The van der Waals surface area contributed by atoms with Crippen molar-refractivity contribution in [1.29, 1.82) is 0 Å². The molecule has 0 radical (unpaired) electrons. The lowest BCUT2D eigenvalue weighted by atomic mass is 10.0. The number of amides is 3. The zero-order chi connectivity index (χ0) is 15.3. The Hall–Kier alpha value is -1.01. The van der Waals surface area contributed by atoms with E-state index in [4.69, 9.17) is 5.73 Å². The van der Waals surface area contributed by atoms with Gasteiger partial charge in [0.25, 0.3) is 0 Å². The summed E-state index contributed by atoms with van der Waals surface area (Å²) in [5, 5.41) is 0. The summed E-state index contributed by atoms with van der Waals surface area (Å²) in [6.07, 6.45) is 0. The lowest BCUT2D eigenvalue weighted by Gasteiger charge is -2.38. The van der Waals surface area contributed by atoms with E-state index in [1.54, 1.807) is 9.80 Å². The number of carbonyl (C=O) groups excluding carboxylic acids is 2. The molecule has 124 valence electrons. The standard InChI is InChI=1S/C14H28N4O2.ClH/c1-5-16(6-2)14(20)18-9-7-17(8-10-18)13(19)12(15)11(3)4;/h11-12H,5-10,15H2,1-4H3;1H/t12-;/m0./s1. The number of piperazine rings is 1. The summed E-state index contributed by atoms with van der Waals surface area (Å²) in [6, 6.07) is -0.379. The third kappa shape index (κ3) is 5.04.